The zero-order valence-electron chi connectivity index (χ0n) is 13.9. The van der Waals surface area contributed by atoms with Gasteiger partial charge in [-0.15, -0.1) is 0 Å². The van der Waals surface area contributed by atoms with Crippen molar-refractivity contribution in [1.29, 1.82) is 0 Å². The molecular weight excluding hydrogens is 270 g/mol. The molecule has 0 spiro atoms. The van der Waals surface area contributed by atoms with Gasteiger partial charge in [-0.1, -0.05) is 12.1 Å². The van der Waals surface area contributed by atoms with Gasteiger partial charge in [0.25, 0.3) is 0 Å². The average molecular weight is 301 g/mol. The summed E-state index contributed by atoms with van der Waals surface area (Å²) in [4.78, 5) is 2.61. The van der Waals surface area contributed by atoms with E-state index >= 15 is 0 Å². The number of likely N-dealkylation sites (tertiary alicyclic amines) is 1. The Hall–Kier alpha value is -1.06. The number of hydrogen-bond donors (Lipinski definition) is 2. The fraction of sp³-hybridized carbons (Fsp3) is 0.684. The molecule has 0 bridgehead atoms. The molecule has 22 heavy (non-hydrogen) atoms. The van der Waals surface area contributed by atoms with Gasteiger partial charge in [-0.3, -0.25) is 0 Å². The van der Waals surface area contributed by atoms with E-state index in [1.165, 1.54) is 81.5 Å². The van der Waals surface area contributed by atoms with Crippen molar-refractivity contribution >= 4 is 5.69 Å². The van der Waals surface area contributed by atoms with Crippen LogP contribution in [0.1, 0.15) is 43.2 Å². The SMILES string of the molecule is c1cc2c(cc1CCNCCCCN1CCCC1)CCCN2. The minimum atomic E-state index is 1.11. The first-order valence-electron chi connectivity index (χ1n) is 9.20. The highest BCUT2D eigenvalue weighted by Gasteiger charge is 2.10. The highest BCUT2D eigenvalue weighted by atomic mass is 15.1. The largest absolute Gasteiger partial charge is 0.385 e. The van der Waals surface area contributed by atoms with Crippen LogP contribution in [0.2, 0.25) is 0 Å². The van der Waals surface area contributed by atoms with E-state index in [-0.39, 0.29) is 0 Å². The van der Waals surface area contributed by atoms with E-state index in [4.69, 9.17) is 0 Å². The Morgan fingerprint density at radius 3 is 2.86 bits per heavy atom. The summed E-state index contributed by atoms with van der Waals surface area (Å²) in [5.41, 5.74) is 4.34. The second kappa shape index (κ2) is 8.54. The van der Waals surface area contributed by atoms with Gasteiger partial charge in [0.15, 0.2) is 0 Å². The van der Waals surface area contributed by atoms with Gasteiger partial charge in [0.2, 0.25) is 0 Å². The van der Waals surface area contributed by atoms with Crippen LogP contribution in [0.3, 0.4) is 0 Å². The molecular formula is C19H31N3. The fourth-order valence-corrected chi connectivity index (χ4v) is 3.63. The number of anilines is 1. The van der Waals surface area contributed by atoms with Crippen molar-refractivity contribution in [2.24, 2.45) is 0 Å². The molecule has 0 radical (unpaired) electrons. The Morgan fingerprint density at radius 1 is 1.05 bits per heavy atom. The molecule has 2 aliphatic heterocycles. The van der Waals surface area contributed by atoms with Gasteiger partial charge in [0.05, 0.1) is 0 Å². The Kier molecular flexibility index (Phi) is 6.14. The molecule has 1 fully saturated rings. The number of fused-ring (bicyclic) bond motifs is 1. The minimum absolute atomic E-state index is 1.11. The van der Waals surface area contributed by atoms with E-state index in [0.717, 1.165) is 19.5 Å². The van der Waals surface area contributed by atoms with Crippen LogP contribution in [-0.4, -0.2) is 44.2 Å². The average Bonchev–Trinajstić information content (AvgIpc) is 3.07. The summed E-state index contributed by atoms with van der Waals surface area (Å²) in [6, 6.07) is 6.95. The molecule has 0 aliphatic carbocycles. The van der Waals surface area contributed by atoms with Gasteiger partial charge >= 0.3 is 0 Å². The summed E-state index contributed by atoms with van der Waals surface area (Å²) in [5, 5.41) is 7.09. The van der Waals surface area contributed by atoms with Crippen LogP contribution in [0.15, 0.2) is 18.2 Å². The smallest absolute Gasteiger partial charge is 0.0372 e. The van der Waals surface area contributed by atoms with Crippen molar-refractivity contribution in [2.75, 3.05) is 44.6 Å². The van der Waals surface area contributed by atoms with Crippen molar-refractivity contribution in [3.05, 3.63) is 29.3 Å². The number of benzene rings is 1. The maximum Gasteiger partial charge on any atom is 0.0372 e. The van der Waals surface area contributed by atoms with E-state index in [0.29, 0.717) is 0 Å². The Labute approximate surface area is 135 Å². The summed E-state index contributed by atoms with van der Waals surface area (Å²) in [6.45, 7) is 7.38. The Bertz CT molecular complexity index is 452. The quantitative estimate of drug-likeness (QED) is 0.723. The van der Waals surface area contributed by atoms with Crippen LogP contribution in [0, 0.1) is 0 Å². The van der Waals surface area contributed by atoms with Crippen LogP contribution < -0.4 is 10.6 Å². The predicted molar refractivity (Wildman–Crippen MR) is 94.7 cm³/mol. The lowest BCUT2D eigenvalue weighted by Crippen LogP contribution is -2.23. The predicted octanol–water partition coefficient (Wildman–Crippen LogP) is 3.05. The molecule has 122 valence electrons. The molecule has 0 aromatic heterocycles. The lowest BCUT2D eigenvalue weighted by atomic mass is 9.99. The number of unbranched alkanes of at least 4 members (excludes halogenated alkanes) is 1. The van der Waals surface area contributed by atoms with E-state index in [2.05, 4.69) is 33.7 Å². The Balaban J connectivity index is 1.27. The van der Waals surface area contributed by atoms with Crippen LogP contribution >= 0.6 is 0 Å². The number of hydrogen-bond acceptors (Lipinski definition) is 3. The molecule has 0 saturated carbocycles. The molecule has 1 saturated heterocycles. The van der Waals surface area contributed by atoms with Crippen molar-refractivity contribution in [3.63, 3.8) is 0 Å². The van der Waals surface area contributed by atoms with Gasteiger partial charge in [-0.2, -0.15) is 0 Å². The molecule has 0 atom stereocenters. The maximum atomic E-state index is 3.61. The molecule has 1 aromatic carbocycles. The third-order valence-electron chi connectivity index (χ3n) is 4.98. The maximum absolute atomic E-state index is 3.61. The topological polar surface area (TPSA) is 27.3 Å². The monoisotopic (exact) mass is 301 g/mol. The van der Waals surface area contributed by atoms with Crippen LogP contribution in [0.4, 0.5) is 5.69 Å². The van der Waals surface area contributed by atoms with Gasteiger partial charge < -0.3 is 15.5 Å². The van der Waals surface area contributed by atoms with Crippen LogP contribution in [0.5, 0.6) is 0 Å². The van der Waals surface area contributed by atoms with E-state index in [1.54, 1.807) is 0 Å². The van der Waals surface area contributed by atoms with Gasteiger partial charge in [-0.25, -0.2) is 0 Å². The molecule has 3 heteroatoms. The third-order valence-corrected chi connectivity index (χ3v) is 4.98. The van der Waals surface area contributed by atoms with Crippen molar-refractivity contribution in [3.8, 4) is 0 Å². The van der Waals surface area contributed by atoms with E-state index in [1.807, 2.05) is 0 Å². The second-order valence-electron chi connectivity index (χ2n) is 6.78. The molecule has 2 aliphatic rings. The highest BCUT2D eigenvalue weighted by Crippen LogP contribution is 2.22. The zero-order valence-corrected chi connectivity index (χ0v) is 13.9. The number of aryl methyl sites for hydroxylation is 1. The number of nitrogens with one attached hydrogen (secondary N) is 2. The standard InChI is InChI=1S/C19H31N3/c1(2-13-22-14-3-4-15-22)10-20-12-9-17-7-8-19-18(16-17)6-5-11-21-19/h7-8,16,20-21H,1-6,9-15H2. The van der Waals surface area contributed by atoms with Gasteiger partial charge in [0.1, 0.15) is 0 Å². The number of rotatable bonds is 8. The summed E-state index contributed by atoms with van der Waals surface area (Å²) >= 11 is 0. The van der Waals surface area contributed by atoms with Crippen molar-refractivity contribution in [1.82, 2.24) is 10.2 Å². The summed E-state index contributed by atoms with van der Waals surface area (Å²) in [5.74, 6) is 0. The molecule has 3 nitrogen and oxygen atoms in total. The highest BCUT2D eigenvalue weighted by molar-refractivity contribution is 5.54. The lowest BCUT2D eigenvalue weighted by molar-refractivity contribution is 0.329. The second-order valence-corrected chi connectivity index (χ2v) is 6.78. The van der Waals surface area contributed by atoms with Crippen LogP contribution in [-0.2, 0) is 12.8 Å². The molecule has 0 amide bonds. The normalized spacial score (nSPS) is 18.2. The van der Waals surface area contributed by atoms with Crippen molar-refractivity contribution < 1.29 is 0 Å². The molecule has 0 unspecified atom stereocenters. The minimum Gasteiger partial charge on any atom is -0.385 e. The zero-order chi connectivity index (χ0) is 15.0. The van der Waals surface area contributed by atoms with Crippen molar-refractivity contribution in [2.45, 2.75) is 44.9 Å². The summed E-state index contributed by atoms with van der Waals surface area (Å²) < 4.78 is 0. The van der Waals surface area contributed by atoms with Gasteiger partial charge in [-0.05, 0) is 94.9 Å². The number of nitrogens with zero attached hydrogens (tertiary/aromatic N) is 1. The Morgan fingerprint density at radius 2 is 1.95 bits per heavy atom. The lowest BCUT2D eigenvalue weighted by Gasteiger charge is -2.18. The van der Waals surface area contributed by atoms with E-state index < -0.39 is 0 Å². The first-order valence-corrected chi connectivity index (χ1v) is 9.20. The van der Waals surface area contributed by atoms with E-state index in [9.17, 15) is 0 Å². The first-order chi connectivity index (χ1) is 10.9. The summed E-state index contributed by atoms with van der Waals surface area (Å²) in [7, 11) is 0. The molecule has 3 rings (SSSR count). The molecule has 2 heterocycles. The molecule has 2 N–H and O–H groups in total. The first kappa shape index (κ1) is 15.8. The van der Waals surface area contributed by atoms with Gasteiger partial charge in [0, 0.05) is 12.2 Å². The molecule has 1 aromatic rings. The third kappa shape index (κ3) is 4.72. The fourth-order valence-electron chi connectivity index (χ4n) is 3.63. The van der Waals surface area contributed by atoms with Crippen LogP contribution in [0.25, 0.3) is 0 Å². The summed E-state index contributed by atoms with van der Waals surface area (Å²) in [6.07, 6.45) is 9.14.